The van der Waals surface area contributed by atoms with Crippen molar-refractivity contribution in [3.8, 4) is 11.4 Å². The fourth-order valence-electron chi connectivity index (χ4n) is 2.32. The van der Waals surface area contributed by atoms with Gasteiger partial charge in [0.2, 0.25) is 6.10 Å². The maximum Gasteiger partial charge on any atom is 0.349 e. The predicted molar refractivity (Wildman–Crippen MR) is 83.2 cm³/mol. The number of carboxylic acids is 1. The number of hydrogen-bond acceptors (Lipinski definition) is 2. The van der Waals surface area contributed by atoms with Crippen LogP contribution in [0.15, 0.2) is 73.1 Å². The van der Waals surface area contributed by atoms with Crippen LogP contribution in [-0.2, 0) is 4.79 Å². The molecule has 0 amide bonds. The zero-order valence-electron chi connectivity index (χ0n) is 12.1. The molecule has 3 rings (SSSR count). The molecule has 1 aromatic heterocycles. The number of nitrogens with zero attached hydrogens (tertiary/aromatic N) is 1. The number of rotatable bonds is 5. The Hall–Kier alpha value is -3.08. The van der Waals surface area contributed by atoms with Gasteiger partial charge in [-0.05, 0) is 36.4 Å². The first-order chi connectivity index (χ1) is 11.1. The van der Waals surface area contributed by atoms with E-state index in [0.717, 1.165) is 6.07 Å². The van der Waals surface area contributed by atoms with E-state index < -0.39 is 17.9 Å². The molecule has 0 aliphatic rings. The van der Waals surface area contributed by atoms with Crippen LogP contribution in [0.5, 0.6) is 5.75 Å². The summed E-state index contributed by atoms with van der Waals surface area (Å²) in [5.41, 5.74) is 0.958. The van der Waals surface area contributed by atoms with Crippen molar-refractivity contribution in [1.29, 1.82) is 0 Å². The van der Waals surface area contributed by atoms with Crippen molar-refractivity contribution < 1.29 is 19.0 Å². The first-order valence-corrected chi connectivity index (χ1v) is 7.02. The Balaban J connectivity index is 1.98. The molecule has 5 heteroatoms. The molecule has 0 aliphatic carbocycles. The van der Waals surface area contributed by atoms with Gasteiger partial charge in [0.1, 0.15) is 11.6 Å². The van der Waals surface area contributed by atoms with Crippen LogP contribution >= 0.6 is 0 Å². The summed E-state index contributed by atoms with van der Waals surface area (Å²) in [6.45, 7) is 0. The summed E-state index contributed by atoms with van der Waals surface area (Å²) >= 11 is 0. The molecule has 116 valence electrons. The molecule has 0 fully saturated rings. The van der Waals surface area contributed by atoms with E-state index >= 15 is 0 Å². The SMILES string of the molecule is O=C(O)C(Oc1ccccc1-n1cccc1)c1cccc(F)c1. The number of hydrogen-bond donors (Lipinski definition) is 1. The van der Waals surface area contributed by atoms with E-state index in [1.807, 2.05) is 41.2 Å². The van der Waals surface area contributed by atoms with E-state index in [-0.39, 0.29) is 5.56 Å². The quantitative estimate of drug-likeness (QED) is 0.779. The summed E-state index contributed by atoms with van der Waals surface area (Å²) in [5.74, 6) is -1.28. The highest BCUT2D eigenvalue weighted by Gasteiger charge is 2.23. The second-order valence-corrected chi connectivity index (χ2v) is 4.95. The lowest BCUT2D eigenvalue weighted by Gasteiger charge is -2.18. The van der Waals surface area contributed by atoms with Gasteiger partial charge in [0.25, 0.3) is 0 Å². The first kappa shape index (κ1) is 14.8. The predicted octanol–water partition coefficient (Wildman–Crippen LogP) is 3.82. The van der Waals surface area contributed by atoms with Gasteiger partial charge in [0.05, 0.1) is 5.69 Å². The molecular formula is C18H14FNO3. The van der Waals surface area contributed by atoms with Crippen LogP contribution in [-0.4, -0.2) is 15.6 Å². The number of aliphatic carboxylic acids is 1. The van der Waals surface area contributed by atoms with E-state index in [4.69, 9.17) is 4.74 Å². The third kappa shape index (κ3) is 3.23. The van der Waals surface area contributed by atoms with Gasteiger partial charge in [0, 0.05) is 18.0 Å². The first-order valence-electron chi connectivity index (χ1n) is 7.02. The van der Waals surface area contributed by atoms with Gasteiger partial charge >= 0.3 is 5.97 Å². The highest BCUT2D eigenvalue weighted by molar-refractivity contribution is 5.75. The minimum atomic E-state index is -1.29. The lowest BCUT2D eigenvalue weighted by molar-refractivity contribution is -0.145. The van der Waals surface area contributed by atoms with Crippen molar-refractivity contribution in [1.82, 2.24) is 4.57 Å². The molecule has 4 nitrogen and oxygen atoms in total. The molecule has 23 heavy (non-hydrogen) atoms. The number of halogens is 1. The molecule has 1 atom stereocenters. The van der Waals surface area contributed by atoms with Crippen LogP contribution in [0.1, 0.15) is 11.7 Å². The van der Waals surface area contributed by atoms with Crippen LogP contribution in [0, 0.1) is 5.82 Å². The molecule has 0 saturated carbocycles. The minimum Gasteiger partial charge on any atom is -0.478 e. The van der Waals surface area contributed by atoms with Crippen molar-refractivity contribution >= 4 is 5.97 Å². The van der Waals surface area contributed by atoms with Crippen molar-refractivity contribution in [2.45, 2.75) is 6.10 Å². The van der Waals surface area contributed by atoms with Gasteiger partial charge in [-0.3, -0.25) is 0 Å². The van der Waals surface area contributed by atoms with Crippen LogP contribution in [0.4, 0.5) is 4.39 Å². The average Bonchev–Trinajstić information content (AvgIpc) is 3.07. The highest BCUT2D eigenvalue weighted by atomic mass is 19.1. The van der Waals surface area contributed by atoms with Gasteiger partial charge in [-0.1, -0.05) is 24.3 Å². The molecule has 1 N–H and O–H groups in total. The smallest absolute Gasteiger partial charge is 0.349 e. The number of para-hydroxylation sites is 2. The maximum absolute atomic E-state index is 13.4. The Morgan fingerprint density at radius 1 is 1.04 bits per heavy atom. The van der Waals surface area contributed by atoms with E-state index in [0.29, 0.717) is 11.4 Å². The Kier molecular flexibility index (Phi) is 4.10. The maximum atomic E-state index is 13.4. The van der Waals surface area contributed by atoms with Gasteiger partial charge in [0.15, 0.2) is 0 Å². The monoisotopic (exact) mass is 311 g/mol. The van der Waals surface area contributed by atoms with E-state index in [9.17, 15) is 14.3 Å². The number of aromatic nitrogens is 1. The standard InChI is InChI=1S/C18H14FNO3/c19-14-7-5-6-13(12-14)17(18(21)22)23-16-9-2-1-8-15(16)20-10-3-4-11-20/h1-12,17H,(H,21,22). The topological polar surface area (TPSA) is 51.5 Å². The van der Waals surface area contributed by atoms with Crippen molar-refractivity contribution in [3.63, 3.8) is 0 Å². The van der Waals surface area contributed by atoms with Crippen LogP contribution < -0.4 is 4.74 Å². The van der Waals surface area contributed by atoms with E-state index in [2.05, 4.69) is 0 Å². The number of carbonyl (C=O) groups is 1. The Bertz CT molecular complexity index is 815. The fraction of sp³-hybridized carbons (Fsp3) is 0.0556. The van der Waals surface area contributed by atoms with Crippen molar-refractivity contribution in [2.24, 2.45) is 0 Å². The molecule has 0 radical (unpaired) electrons. The molecule has 2 aromatic carbocycles. The lowest BCUT2D eigenvalue weighted by Crippen LogP contribution is -2.19. The number of carboxylic acid groups (broad SMARTS) is 1. The third-order valence-electron chi connectivity index (χ3n) is 3.37. The molecule has 3 aromatic rings. The number of benzene rings is 2. The van der Waals surface area contributed by atoms with Crippen LogP contribution in [0.3, 0.4) is 0 Å². The van der Waals surface area contributed by atoms with Gasteiger partial charge in [-0.25, -0.2) is 9.18 Å². The third-order valence-corrected chi connectivity index (χ3v) is 3.37. The zero-order chi connectivity index (χ0) is 16.2. The Morgan fingerprint density at radius 2 is 1.78 bits per heavy atom. The molecule has 0 bridgehead atoms. The second-order valence-electron chi connectivity index (χ2n) is 4.95. The molecule has 0 saturated heterocycles. The zero-order valence-corrected chi connectivity index (χ0v) is 12.1. The number of ether oxygens (including phenoxy) is 1. The van der Waals surface area contributed by atoms with Crippen LogP contribution in [0.2, 0.25) is 0 Å². The summed E-state index contributed by atoms with van der Waals surface area (Å²) in [4.78, 5) is 11.6. The summed E-state index contributed by atoms with van der Waals surface area (Å²) in [7, 11) is 0. The molecule has 0 aliphatic heterocycles. The normalized spacial score (nSPS) is 11.9. The van der Waals surface area contributed by atoms with Gasteiger partial charge in [-0.2, -0.15) is 0 Å². The Labute approximate surface area is 132 Å². The van der Waals surface area contributed by atoms with Gasteiger partial charge in [-0.15, -0.1) is 0 Å². The van der Waals surface area contributed by atoms with Crippen molar-refractivity contribution in [3.05, 3.63) is 84.4 Å². The van der Waals surface area contributed by atoms with Crippen molar-refractivity contribution in [2.75, 3.05) is 0 Å². The summed E-state index contributed by atoms with van der Waals surface area (Å²) in [6.07, 6.45) is 2.38. The highest BCUT2D eigenvalue weighted by Crippen LogP contribution is 2.28. The van der Waals surface area contributed by atoms with E-state index in [1.165, 1.54) is 18.2 Å². The largest absolute Gasteiger partial charge is 0.478 e. The molecule has 0 spiro atoms. The minimum absolute atomic E-state index is 0.250. The van der Waals surface area contributed by atoms with E-state index in [1.54, 1.807) is 12.1 Å². The summed E-state index contributed by atoms with van der Waals surface area (Å²) in [6, 6.07) is 16.2. The van der Waals surface area contributed by atoms with Crippen LogP contribution in [0.25, 0.3) is 5.69 Å². The molecule has 1 heterocycles. The summed E-state index contributed by atoms with van der Waals surface area (Å²) in [5, 5.41) is 9.45. The van der Waals surface area contributed by atoms with Gasteiger partial charge < -0.3 is 14.4 Å². The Morgan fingerprint density at radius 3 is 2.48 bits per heavy atom. The average molecular weight is 311 g/mol. The fourth-order valence-corrected chi connectivity index (χ4v) is 2.32. The second kappa shape index (κ2) is 6.36. The lowest BCUT2D eigenvalue weighted by atomic mass is 10.1. The molecular weight excluding hydrogens is 297 g/mol. The summed E-state index contributed by atoms with van der Waals surface area (Å²) < 4.78 is 20.9. The molecule has 1 unspecified atom stereocenters.